The maximum absolute atomic E-state index is 13.0. The lowest BCUT2D eigenvalue weighted by atomic mass is 10.1. The minimum Gasteiger partial charge on any atom is -0.445 e. The molecule has 2 aromatic carbocycles. The Morgan fingerprint density at radius 1 is 1.25 bits per heavy atom. The van der Waals surface area contributed by atoms with E-state index in [0.29, 0.717) is 5.56 Å². The Morgan fingerprint density at radius 2 is 1.92 bits per heavy atom. The molecule has 0 radical (unpaired) electrons. The molecule has 0 N–H and O–H groups in total. The second-order valence-electron chi connectivity index (χ2n) is 5.06. The summed E-state index contributed by atoms with van der Waals surface area (Å²) in [5.74, 6) is -0.764. The first-order valence-corrected chi connectivity index (χ1v) is 7.01. The van der Waals surface area contributed by atoms with Gasteiger partial charge < -0.3 is 4.74 Å². The van der Waals surface area contributed by atoms with E-state index in [9.17, 15) is 19.3 Å². The SMILES string of the molecule is CC(=O)N1N=C(c2ccc(F)cc2)O[C@H]1c1ccccc1[N+](=O)[O-]. The zero-order valence-electron chi connectivity index (χ0n) is 12.5. The second-order valence-corrected chi connectivity index (χ2v) is 5.06. The lowest BCUT2D eigenvalue weighted by Gasteiger charge is -2.19. The van der Waals surface area contributed by atoms with E-state index < -0.39 is 22.9 Å². The number of halogens is 1. The molecule has 1 atom stereocenters. The minimum atomic E-state index is -1.05. The molecule has 0 aromatic heterocycles. The van der Waals surface area contributed by atoms with Crippen LogP contribution in [0.15, 0.2) is 53.6 Å². The Morgan fingerprint density at radius 3 is 2.54 bits per heavy atom. The van der Waals surface area contributed by atoms with E-state index in [4.69, 9.17) is 4.74 Å². The molecule has 8 heteroatoms. The fourth-order valence-corrected chi connectivity index (χ4v) is 2.34. The number of carbonyl (C=O) groups excluding carboxylic acids is 1. The van der Waals surface area contributed by atoms with Crippen LogP contribution in [0.3, 0.4) is 0 Å². The van der Waals surface area contributed by atoms with E-state index in [1.165, 1.54) is 49.4 Å². The number of rotatable bonds is 3. The van der Waals surface area contributed by atoms with Gasteiger partial charge in [-0.3, -0.25) is 14.9 Å². The molecule has 0 spiro atoms. The molecule has 2 aromatic rings. The average Bonchev–Trinajstić information content (AvgIpc) is 3.01. The minimum absolute atomic E-state index is 0.0911. The number of benzene rings is 2. The van der Waals surface area contributed by atoms with Crippen molar-refractivity contribution in [3.8, 4) is 0 Å². The number of hydrogen-bond acceptors (Lipinski definition) is 5. The molecule has 3 rings (SSSR count). The normalized spacial score (nSPS) is 16.5. The van der Waals surface area contributed by atoms with Gasteiger partial charge in [0.2, 0.25) is 18.0 Å². The summed E-state index contributed by atoms with van der Waals surface area (Å²) in [5.41, 5.74) is 0.492. The second kappa shape index (κ2) is 6.07. The standard InChI is InChI=1S/C16H12FN3O4/c1-10(21)19-16(13-4-2-3-5-14(13)20(22)23)24-15(18-19)11-6-8-12(17)9-7-11/h2-9,16H,1H3/t16-/m0/s1. The topological polar surface area (TPSA) is 85.0 Å². The number of amides is 1. The van der Waals surface area contributed by atoms with Gasteiger partial charge in [0.1, 0.15) is 5.82 Å². The molecule has 0 saturated carbocycles. The van der Waals surface area contributed by atoms with Crippen LogP contribution in [0.5, 0.6) is 0 Å². The lowest BCUT2D eigenvalue weighted by Crippen LogP contribution is -2.25. The number of nitro benzene ring substituents is 1. The number of hydrogen-bond donors (Lipinski definition) is 0. The van der Waals surface area contributed by atoms with Gasteiger partial charge in [0.05, 0.1) is 10.5 Å². The largest absolute Gasteiger partial charge is 0.445 e. The van der Waals surface area contributed by atoms with Crippen LogP contribution in [0.1, 0.15) is 24.3 Å². The van der Waals surface area contributed by atoms with E-state index >= 15 is 0 Å². The molecule has 0 bridgehead atoms. The fraction of sp³-hybridized carbons (Fsp3) is 0.125. The molecule has 0 unspecified atom stereocenters. The Bertz CT molecular complexity index is 835. The van der Waals surface area contributed by atoms with Crippen LogP contribution in [0.25, 0.3) is 0 Å². The van der Waals surface area contributed by atoms with Crippen molar-refractivity contribution in [3.05, 3.63) is 75.6 Å². The highest BCUT2D eigenvalue weighted by Gasteiger charge is 2.37. The van der Waals surface area contributed by atoms with Gasteiger partial charge in [0, 0.05) is 18.6 Å². The van der Waals surface area contributed by atoms with Crippen LogP contribution < -0.4 is 0 Å². The zero-order valence-corrected chi connectivity index (χ0v) is 12.5. The average molecular weight is 329 g/mol. The molecule has 0 saturated heterocycles. The third-order valence-corrected chi connectivity index (χ3v) is 3.46. The van der Waals surface area contributed by atoms with Crippen molar-refractivity contribution in [1.82, 2.24) is 5.01 Å². The van der Waals surface area contributed by atoms with E-state index in [2.05, 4.69) is 5.10 Å². The van der Waals surface area contributed by atoms with Crippen molar-refractivity contribution in [2.24, 2.45) is 5.10 Å². The summed E-state index contributed by atoms with van der Waals surface area (Å²) in [6.45, 7) is 1.28. The van der Waals surface area contributed by atoms with Gasteiger partial charge in [-0.25, -0.2) is 4.39 Å². The van der Waals surface area contributed by atoms with Crippen LogP contribution in [-0.4, -0.2) is 21.7 Å². The highest BCUT2D eigenvalue weighted by Crippen LogP contribution is 2.35. The molecule has 24 heavy (non-hydrogen) atoms. The number of nitro groups is 1. The van der Waals surface area contributed by atoms with E-state index in [1.54, 1.807) is 6.07 Å². The summed E-state index contributed by atoms with van der Waals surface area (Å²) in [5, 5.41) is 16.3. The number of para-hydroxylation sites is 1. The van der Waals surface area contributed by atoms with Gasteiger partial charge in [-0.05, 0) is 30.3 Å². The quantitative estimate of drug-likeness (QED) is 0.640. The van der Waals surface area contributed by atoms with E-state index in [0.717, 1.165) is 5.01 Å². The maximum Gasteiger partial charge on any atom is 0.278 e. The molecular weight excluding hydrogens is 317 g/mol. The van der Waals surface area contributed by atoms with Crippen molar-refractivity contribution in [2.75, 3.05) is 0 Å². The molecule has 1 heterocycles. The Labute approximate surface area is 136 Å². The van der Waals surface area contributed by atoms with Crippen molar-refractivity contribution in [3.63, 3.8) is 0 Å². The highest BCUT2D eigenvalue weighted by molar-refractivity contribution is 5.96. The van der Waals surface area contributed by atoms with Crippen molar-refractivity contribution in [1.29, 1.82) is 0 Å². The molecule has 7 nitrogen and oxygen atoms in total. The van der Waals surface area contributed by atoms with Crippen LogP contribution >= 0.6 is 0 Å². The summed E-state index contributed by atoms with van der Waals surface area (Å²) in [6.07, 6.45) is -1.05. The van der Waals surface area contributed by atoms with Crippen LogP contribution in [-0.2, 0) is 9.53 Å². The van der Waals surface area contributed by atoms with Crippen LogP contribution in [0.2, 0.25) is 0 Å². The predicted molar refractivity (Wildman–Crippen MR) is 82.4 cm³/mol. The molecule has 1 aliphatic heterocycles. The molecule has 0 aliphatic carbocycles. The van der Waals surface area contributed by atoms with Crippen molar-refractivity contribution in [2.45, 2.75) is 13.2 Å². The smallest absolute Gasteiger partial charge is 0.278 e. The first-order valence-electron chi connectivity index (χ1n) is 7.01. The van der Waals surface area contributed by atoms with Gasteiger partial charge in [0.15, 0.2) is 0 Å². The van der Waals surface area contributed by atoms with E-state index in [-0.39, 0.29) is 17.1 Å². The van der Waals surface area contributed by atoms with Gasteiger partial charge in [-0.1, -0.05) is 12.1 Å². The zero-order chi connectivity index (χ0) is 17.3. The van der Waals surface area contributed by atoms with Crippen LogP contribution in [0, 0.1) is 15.9 Å². The first-order chi connectivity index (χ1) is 11.5. The molecule has 1 aliphatic rings. The number of carbonyl (C=O) groups is 1. The predicted octanol–water partition coefficient (Wildman–Crippen LogP) is 2.97. The first kappa shape index (κ1) is 15.6. The Hall–Kier alpha value is -3.29. The van der Waals surface area contributed by atoms with Gasteiger partial charge in [0.25, 0.3) is 5.69 Å². The van der Waals surface area contributed by atoms with Gasteiger partial charge in [-0.15, -0.1) is 5.10 Å². The summed E-state index contributed by atoms with van der Waals surface area (Å²) >= 11 is 0. The molecule has 122 valence electrons. The molecule has 1 amide bonds. The maximum atomic E-state index is 13.0. The molecule has 0 fully saturated rings. The number of nitrogens with zero attached hydrogens (tertiary/aromatic N) is 3. The summed E-state index contributed by atoms with van der Waals surface area (Å²) in [7, 11) is 0. The van der Waals surface area contributed by atoms with Crippen molar-refractivity contribution >= 4 is 17.5 Å². The van der Waals surface area contributed by atoms with E-state index in [1.807, 2.05) is 0 Å². The summed E-state index contributed by atoms with van der Waals surface area (Å²) in [6, 6.07) is 11.3. The fourth-order valence-electron chi connectivity index (χ4n) is 2.34. The monoisotopic (exact) mass is 329 g/mol. The lowest BCUT2D eigenvalue weighted by molar-refractivity contribution is -0.386. The number of hydrazone groups is 1. The Balaban J connectivity index is 2.00. The van der Waals surface area contributed by atoms with Gasteiger partial charge in [-0.2, -0.15) is 5.01 Å². The van der Waals surface area contributed by atoms with Crippen LogP contribution in [0.4, 0.5) is 10.1 Å². The third-order valence-electron chi connectivity index (χ3n) is 3.46. The molecular formula is C16H12FN3O4. The van der Waals surface area contributed by atoms with Gasteiger partial charge >= 0.3 is 0 Å². The number of ether oxygens (including phenoxy) is 1. The Kier molecular flexibility index (Phi) is 3.95. The highest BCUT2D eigenvalue weighted by atomic mass is 19.1. The summed E-state index contributed by atoms with van der Waals surface area (Å²) < 4.78 is 18.7. The summed E-state index contributed by atoms with van der Waals surface area (Å²) in [4.78, 5) is 22.5. The van der Waals surface area contributed by atoms with Crippen molar-refractivity contribution < 1.29 is 18.8 Å². The third kappa shape index (κ3) is 2.81.